The second-order valence-electron chi connectivity index (χ2n) is 7.15. The zero-order chi connectivity index (χ0) is 22.2. The highest BCUT2D eigenvalue weighted by molar-refractivity contribution is 6.58. The molecule has 2 amide bonds. The van der Waals surface area contributed by atoms with Gasteiger partial charge in [0, 0.05) is 5.69 Å². The van der Waals surface area contributed by atoms with Gasteiger partial charge in [-0.05, 0) is 42.4 Å². The summed E-state index contributed by atoms with van der Waals surface area (Å²) < 4.78 is 0. The van der Waals surface area contributed by atoms with Crippen LogP contribution in [0.3, 0.4) is 0 Å². The molecule has 0 unspecified atom stereocenters. The number of hydrogen-bond donors (Lipinski definition) is 5. The normalized spacial score (nSPS) is 16.3. The highest BCUT2D eigenvalue weighted by Gasteiger charge is 2.26. The second-order valence-corrected chi connectivity index (χ2v) is 7.15. The van der Waals surface area contributed by atoms with Crippen LogP contribution in [0.25, 0.3) is 0 Å². The van der Waals surface area contributed by atoms with Crippen molar-refractivity contribution in [1.29, 1.82) is 0 Å². The molecule has 0 saturated carbocycles. The van der Waals surface area contributed by atoms with Crippen molar-refractivity contribution in [3.63, 3.8) is 0 Å². The Kier molecular flexibility index (Phi) is 7.58. The third-order valence-electron chi connectivity index (χ3n) is 4.98. The Morgan fingerprint density at radius 3 is 2.74 bits per heavy atom. The van der Waals surface area contributed by atoms with Gasteiger partial charge >= 0.3 is 7.12 Å². The number of aliphatic imine (C=N–C) groups is 1. The first-order valence-electron chi connectivity index (χ1n) is 10.0. The maximum absolute atomic E-state index is 12.6. The number of rotatable bonds is 7. The minimum absolute atomic E-state index is 0.289. The quantitative estimate of drug-likeness (QED) is 0.193. The first-order chi connectivity index (χ1) is 15.0. The van der Waals surface area contributed by atoms with Gasteiger partial charge in [-0.15, -0.1) is 0 Å². The molecule has 2 aromatic rings. The minimum atomic E-state index is -1.62. The molecule has 0 spiro atoms. The van der Waals surface area contributed by atoms with E-state index < -0.39 is 19.1 Å². The highest BCUT2D eigenvalue weighted by atomic mass is 16.4. The van der Waals surface area contributed by atoms with E-state index in [1.807, 2.05) is 30.3 Å². The molecule has 0 bridgehead atoms. The molecule has 31 heavy (non-hydrogen) atoms. The highest BCUT2D eigenvalue weighted by Crippen LogP contribution is 2.21. The van der Waals surface area contributed by atoms with Gasteiger partial charge in [0.05, 0.1) is 12.9 Å². The number of fused-ring (bicyclic) bond motifs is 1. The van der Waals surface area contributed by atoms with Gasteiger partial charge < -0.3 is 26.0 Å². The van der Waals surface area contributed by atoms with E-state index in [1.54, 1.807) is 25.1 Å². The Hall–Kier alpha value is -3.43. The summed E-state index contributed by atoms with van der Waals surface area (Å²) >= 11 is 0. The summed E-state index contributed by atoms with van der Waals surface area (Å²) in [6, 6.07) is 13.9. The van der Waals surface area contributed by atoms with Crippen molar-refractivity contribution < 1.29 is 19.6 Å². The molecule has 1 aliphatic rings. The Morgan fingerprint density at radius 2 is 2.03 bits per heavy atom. The van der Waals surface area contributed by atoms with Crippen LogP contribution in [0.5, 0.6) is 0 Å². The molecule has 0 radical (unpaired) electrons. The average Bonchev–Trinajstić information content (AvgIpc) is 2.92. The van der Waals surface area contributed by atoms with Gasteiger partial charge in [-0.1, -0.05) is 48.5 Å². The third-order valence-corrected chi connectivity index (χ3v) is 4.98. The van der Waals surface area contributed by atoms with Crippen LogP contribution in [0.4, 0.5) is 5.69 Å². The second kappa shape index (κ2) is 10.6. The number of allylic oxidation sites excluding steroid dienone is 1. The molecule has 2 aromatic carbocycles. The zero-order valence-corrected chi connectivity index (χ0v) is 17.2. The molecule has 3 rings (SSSR count). The maximum atomic E-state index is 12.6. The lowest BCUT2D eigenvalue weighted by atomic mass is 9.79. The number of nitrogens with zero attached hydrogens (tertiary/aromatic N) is 1. The first kappa shape index (κ1) is 22.3. The van der Waals surface area contributed by atoms with E-state index in [0.29, 0.717) is 25.1 Å². The van der Waals surface area contributed by atoms with Gasteiger partial charge in [0.2, 0.25) is 5.91 Å². The number of carbonyl (C=O) groups is 2. The number of nitrogens with one attached hydrogen (secondary N) is 3. The summed E-state index contributed by atoms with van der Waals surface area (Å²) in [5.41, 5.74) is 3.02. The fourth-order valence-electron chi connectivity index (χ4n) is 3.24. The third kappa shape index (κ3) is 6.03. The molecule has 0 saturated heterocycles. The summed E-state index contributed by atoms with van der Waals surface area (Å²) in [4.78, 5) is 29.5. The summed E-state index contributed by atoms with van der Waals surface area (Å²) in [6.07, 6.45) is 4.05. The Balaban J connectivity index is 1.57. The lowest BCUT2D eigenvalue weighted by Gasteiger charge is -2.16. The van der Waals surface area contributed by atoms with Crippen LogP contribution >= 0.6 is 0 Å². The van der Waals surface area contributed by atoms with Gasteiger partial charge in [-0.3, -0.25) is 14.6 Å². The molecular formula is C22H25BN4O4. The van der Waals surface area contributed by atoms with E-state index in [-0.39, 0.29) is 17.1 Å². The predicted molar refractivity (Wildman–Crippen MR) is 121 cm³/mol. The SMILES string of the molecule is C/C=C(\NC=NCc1ccccc1)C(=O)N[C@H]1CCc2ccc(B(O)O)cc2NC1=O. The van der Waals surface area contributed by atoms with Crippen molar-refractivity contribution >= 4 is 36.4 Å². The number of amides is 2. The zero-order valence-electron chi connectivity index (χ0n) is 17.2. The van der Waals surface area contributed by atoms with E-state index in [2.05, 4.69) is 20.9 Å². The van der Waals surface area contributed by atoms with E-state index in [4.69, 9.17) is 0 Å². The monoisotopic (exact) mass is 420 g/mol. The van der Waals surface area contributed by atoms with Crippen LogP contribution in [0.15, 0.2) is 65.3 Å². The molecule has 1 aliphatic heterocycles. The standard InChI is InChI=1S/C22H25BN4O4/c1-2-18(25-14-24-13-15-6-4-3-5-7-15)21(28)26-19-11-9-16-8-10-17(23(30)31)12-20(16)27-22(19)29/h2-8,10,12,14,19,30-31H,9,11,13H2,1H3,(H,24,25)(H,26,28)(H,27,29)/b18-2-/t19-/m0/s1. The van der Waals surface area contributed by atoms with E-state index >= 15 is 0 Å². The number of hydrogen-bond acceptors (Lipinski definition) is 5. The smallest absolute Gasteiger partial charge is 0.423 e. The first-order valence-corrected chi connectivity index (χ1v) is 10.0. The van der Waals surface area contributed by atoms with Gasteiger partial charge in [-0.25, -0.2) is 0 Å². The van der Waals surface area contributed by atoms with E-state index in [0.717, 1.165) is 11.1 Å². The van der Waals surface area contributed by atoms with Crippen molar-refractivity contribution in [3.05, 3.63) is 71.4 Å². The lowest BCUT2D eigenvalue weighted by molar-refractivity contribution is -0.124. The molecular weight excluding hydrogens is 395 g/mol. The predicted octanol–water partition coefficient (Wildman–Crippen LogP) is 0.458. The Labute approximate surface area is 181 Å². The molecule has 5 N–H and O–H groups in total. The number of anilines is 1. The van der Waals surface area contributed by atoms with Crippen LogP contribution in [0.2, 0.25) is 0 Å². The van der Waals surface area contributed by atoms with Crippen molar-refractivity contribution in [2.24, 2.45) is 4.99 Å². The van der Waals surface area contributed by atoms with Crippen LogP contribution in [-0.2, 0) is 22.6 Å². The number of carbonyl (C=O) groups excluding carboxylic acids is 2. The lowest BCUT2D eigenvalue weighted by Crippen LogP contribution is -2.45. The van der Waals surface area contributed by atoms with Crippen LogP contribution in [0, 0.1) is 0 Å². The Morgan fingerprint density at radius 1 is 1.26 bits per heavy atom. The van der Waals surface area contributed by atoms with E-state index in [9.17, 15) is 19.6 Å². The van der Waals surface area contributed by atoms with Gasteiger partial charge in [0.15, 0.2) is 0 Å². The molecule has 1 atom stereocenters. The molecule has 8 nitrogen and oxygen atoms in total. The molecule has 0 fully saturated rings. The van der Waals surface area contributed by atoms with Crippen LogP contribution in [0.1, 0.15) is 24.5 Å². The topological polar surface area (TPSA) is 123 Å². The fraction of sp³-hybridized carbons (Fsp3) is 0.227. The summed E-state index contributed by atoms with van der Waals surface area (Å²) in [5, 5.41) is 27.0. The van der Waals surface area contributed by atoms with Crippen molar-refractivity contribution in [2.45, 2.75) is 32.4 Å². The van der Waals surface area contributed by atoms with Crippen molar-refractivity contribution in [2.75, 3.05) is 5.32 Å². The summed E-state index contributed by atoms with van der Waals surface area (Å²) in [6.45, 7) is 2.21. The largest absolute Gasteiger partial charge is 0.488 e. The van der Waals surface area contributed by atoms with E-state index in [1.165, 1.54) is 12.4 Å². The molecule has 0 aliphatic carbocycles. The summed E-state index contributed by atoms with van der Waals surface area (Å²) in [5.74, 6) is -0.767. The molecule has 1 heterocycles. The molecule has 160 valence electrons. The maximum Gasteiger partial charge on any atom is 0.488 e. The van der Waals surface area contributed by atoms with Crippen LogP contribution in [-0.4, -0.2) is 41.4 Å². The number of aryl methyl sites for hydroxylation is 1. The van der Waals surface area contributed by atoms with Crippen molar-refractivity contribution in [3.8, 4) is 0 Å². The van der Waals surface area contributed by atoms with Crippen molar-refractivity contribution in [1.82, 2.24) is 10.6 Å². The fourth-order valence-corrected chi connectivity index (χ4v) is 3.24. The van der Waals surface area contributed by atoms with Gasteiger partial charge in [-0.2, -0.15) is 0 Å². The van der Waals surface area contributed by atoms with Crippen LogP contribution < -0.4 is 21.4 Å². The van der Waals surface area contributed by atoms with Gasteiger partial charge in [0.25, 0.3) is 5.91 Å². The Bertz CT molecular complexity index is 992. The molecule has 0 aromatic heterocycles. The average molecular weight is 420 g/mol. The minimum Gasteiger partial charge on any atom is -0.423 e. The summed E-state index contributed by atoms with van der Waals surface area (Å²) in [7, 11) is -1.62. The molecule has 9 heteroatoms. The number of benzene rings is 2. The van der Waals surface area contributed by atoms with Gasteiger partial charge in [0.1, 0.15) is 11.7 Å².